The number of hydrogen-bond donors (Lipinski definition) is 2. The highest BCUT2D eigenvalue weighted by atomic mass is 32.1. The predicted molar refractivity (Wildman–Crippen MR) is 40.6 cm³/mol. The van der Waals surface area contributed by atoms with Crippen LogP contribution in [-0.4, -0.2) is 16.1 Å². The maximum atomic E-state index is 10.4. The normalized spacial score (nSPS) is 24.0. The molecule has 1 rings (SSSR count). The van der Waals surface area contributed by atoms with Gasteiger partial charge in [-0.05, 0) is 12.6 Å². The van der Waals surface area contributed by atoms with Crippen LogP contribution in [0.1, 0.15) is 6.42 Å². The van der Waals surface area contributed by atoms with Crippen LogP contribution in [0, 0.1) is 5.92 Å². The molecule has 0 saturated heterocycles. The monoisotopic (exact) mass is 157 g/mol. The molecule has 0 aromatic rings. The van der Waals surface area contributed by atoms with Gasteiger partial charge in [0.25, 0.3) is 0 Å². The molecule has 2 N–H and O–H groups in total. The van der Waals surface area contributed by atoms with Crippen molar-refractivity contribution in [1.82, 2.24) is 5.32 Å². The highest BCUT2D eigenvalue weighted by molar-refractivity contribution is 7.80. The zero-order valence-corrected chi connectivity index (χ0v) is 6.02. The van der Waals surface area contributed by atoms with Gasteiger partial charge in [-0.2, -0.15) is 0 Å². The largest absolute Gasteiger partial charge is 0.481 e. The lowest BCUT2D eigenvalue weighted by Gasteiger charge is -2.15. The van der Waals surface area contributed by atoms with Crippen molar-refractivity contribution in [3.05, 3.63) is 12.3 Å². The molecule has 0 aliphatic carbocycles. The third-order valence-electron chi connectivity index (χ3n) is 1.33. The van der Waals surface area contributed by atoms with Gasteiger partial charge in [0.15, 0.2) is 0 Å². The zero-order valence-electron chi connectivity index (χ0n) is 5.20. The standard InChI is InChI=1S/C6H7NO2S/c8-6(9)4-2-1-3-7-5(4)10/h1,3-4H,2H2,(H,7,10)(H,8,9). The SMILES string of the molecule is O=C(O)C1CC=CNC1=S. The van der Waals surface area contributed by atoms with Gasteiger partial charge in [0.05, 0.1) is 4.99 Å². The van der Waals surface area contributed by atoms with E-state index in [1.165, 1.54) is 0 Å². The lowest BCUT2D eigenvalue weighted by atomic mass is 10.0. The maximum Gasteiger partial charge on any atom is 0.313 e. The van der Waals surface area contributed by atoms with Crippen molar-refractivity contribution < 1.29 is 9.90 Å². The minimum Gasteiger partial charge on any atom is -0.481 e. The van der Waals surface area contributed by atoms with Crippen molar-refractivity contribution in [2.75, 3.05) is 0 Å². The molecule has 0 radical (unpaired) electrons. The maximum absolute atomic E-state index is 10.4. The minimum atomic E-state index is -0.859. The molecule has 1 atom stereocenters. The van der Waals surface area contributed by atoms with Crippen molar-refractivity contribution in [3.63, 3.8) is 0 Å². The van der Waals surface area contributed by atoms with Crippen LogP contribution in [0.2, 0.25) is 0 Å². The molecule has 0 aromatic heterocycles. The van der Waals surface area contributed by atoms with Crippen LogP contribution in [0.25, 0.3) is 0 Å². The minimum absolute atomic E-state index is 0.398. The summed E-state index contributed by atoms with van der Waals surface area (Å²) >= 11 is 4.76. The summed E-state index contributed by atoms with van der Waals surface area (Å²) in [4.78, 5) is 10.8. The Hall–Kier alpha value is -0.900. The molecule has 0 amide bonds. The van der Waals surface area contributed by atoms with Crippen LogP contribution in [-0.2, 0) is 4.79 Å². The summed E-state index contributed by atoms with van der Waals surface area (Å²) in [5, 5.41) is 11.2. The van der Waals surface area contributed by atoms with Crippen LogP contribution in [0.4, 0.5) is 0 Å². The molecular weight excluding hydrogens is 150 g/mol. The van der Waals surface area contributed by atoms with Crippen LogP contribution in [0.3, 0.4) is 0 Å². The molecule has 54 valence electrons. The van der Waals surface area contributed by atoms with Crippen molar-refractivity contribution >= 4 is 23.2 Å². The van der Waals surface area contributed by atoms with Gasteiger partial charge >= 0.3 is 5.97 Å². The molecule has 3 nitrogen and oxygen atoms in total. The number of thiocarbonyl (C=S) groups is 1. The number of carbonyl (C=O) groups is 1. The summed E-state index contributed by atoms with van der Waals surface area (Å²) in [6, 6.07) is 0. The lowest BCUT2D eigenvalue weighted by Crippen LogP contribution is -2.33. The first kappa shape index (κ1) is 7.21. The molecular formula is C6H7NO2S. The van der Waals surface area contributed by atoms with Crippen molar-refractivity contribution in [2.45, 2.75) is 6.42 Å². The summed E-state index contributed by atoms with van der Waals surface area (Å²) in [7, 11) is 0. The Morgan fingerprint density at radius 3 is 3.00 bits per heavy atom. The van der Waals surface area contributed by atoms with E-state index in [0.29, 0.717) is 11.4 Å². The molecule has 1 aliphatic heterocycles. The summed E-state index contributed by atoms with van der Waals surface area (Å²) in [6.45, 7) is 0. The Labute approximate surface area is 63.7 Å². The van der Waals surface area contributed by atoms with E-state index in [2.05, 4.69) is 5.32 Å². The van der Waals surface area contributed by atoms with E-state index in [4.69, 9.17) is 17.3 Å². The molecule has 0 spiro atoms. The summed E-state index contributed by atoms with van der Waals surface area (Å²) < 4.78 is 0. The predicted octanol–water partition coefficient (Wildman–Crippen LogP) is 0.522. The second-order valence-corrected chi connectivity index (χ2v) is 2.48. The lowest BCUT2D eigenvalue weighted by molar-refractivity contribution is -0.139. The molecule has 1 unspecified atom stereocenters. The third kappa shape index (κ3) is 1.33. The van der Waals surface area contributed by atoms with E-state index in [9.17, 15) is 4.79 Å². The van der Waals surface area contributed by atoms with Crippen LogP contribution < -0.4 is 5.32 Å². The Morgan fingerprint density at radius 1 is 1.90 bits per heavy atom. The molecule has 4 heteroatoms. The highest BCUT2D eigenvalue weighted by Gasteiger charge is 2.22. The van der Waals surface area contributed by atoms with Gasteiger partial charge in [0.1, 0.15) is 5.92 Å². The fourth-order valence-electron chi connectivity index (χ4n) is 0.766. The van der Waals surface area contributed by atoms with Crippen LogP contribution >= 0.6 is 12.2 Å². The second-order valence-electron chi connectivity index (χ2n) is 2.04. The van der Waals surface area contributed by atoms with Crippen molar-refractivity contribution in [1.29, 1.82) is 0 Å². The van der Waals surface area contributed by atoms with Gasteiger partial charge in [0.2, 0.25) is 0 Å². The van der Waals surface area contributed by atoms with Gasteiger partial charge in [-0.3, -0.25) is 4.79 Å². The molecule has 10 heavy (non-hydrogen) atoms. The third-order valence-corrected chi connectivity index (χ3v) is 1.73. The van der Waals surface area contributed by atoms with Crippen molar-refractivity contribution in [2.24, 2.45) is 5.92 Å². The molecule has 0 bridgehead atoms. The molecule has 1 aliphatic rings. The summed E-state index contributed by atoms with van der Waals surface area (Å²) in [5.74, 6) is -1.39. The number of carboxylic acid groups (broad SMARTS) is 1. The average Bonchev–Trinajstić information content (AvgIpc) is 1.88. The van der Waals surface area contributed by atoms with Crippen LogP contribution in [0.5, 0.6) is 0 Å². The fourth-order valence-corrected chi connectivity index (χ4v) is 1.03. The Morgan fingerprint density at radius 2 is 2.60 bits per heavy atom. The topological polar surface area (TPSA) is 49.3 Å². The first-order chi connectivity index (χ1) is 4.72. The molecule has 0 fully saturated rings. The van der Waals surface area contributed by atoms with Gasteiger partial charge in [-0.1, -0.05) is 18.3 Å². The van der Waals surface area contributed by atoms with E-state index in [-0.39, 0.29) is 0 Å². The van der Waals surface area contributed by atoms with Crippen LogP contribution in [0.15, 0.2) is 12.3 Å². The van der Waals surface area contributed by atoms with E-state index < -0.39 is 11.9 Å². The van der Waals surface area contributed by atoms with E-state index >= 15 is 0 Å². The Bertz CT molecular complexity index is 200. The first-order valence-electron chi connectivity index (χ1n) is 2.90. The fraction of sp³-hybridized carbons (Fsp3) is 0.333. The number of nitrogens with one attached hydrogen (secondary N) is 1. The second kappa shape index (κ2) is 2.79. The number of rotatable bonds is 1. The Kier molecular flexibility index (Phi) is 2.01. The van der Waals surface area contributed by atoms with Gasteiger partial charge < -0.3 is 10.4 Å². The number of hydrogen-bond acceptors (Lipinski definition) is 2. The van der Waals surface area contributed by atoms with Crippen molar-refractivity contribution in [3.8, 4) is 0 Å². The highest BCUT2D eigenvalue weighted by Crippen LogP contribution is 2.09. The quantitative estimate of drug-likeness (QED) is 0.545. The number of aliphatic carboxylic acids is 1. The number of carboxylic acids is 1. The Balaban J connectivity index is 2.68. The first-order valence-corrected chi connectivity index (χ1v) is 3.31. The van der Waals surface area contributed by atoms with E-state index in [1.54, 1.807) is 12.3 Å². The van der Waals surface area contributed by atoms with Gasteiger partial charge in [-0.25, -0.2) is 0 Å². The zero-order chi connectivity index (χ0) is 7.56. The van der Waals surface area contributed by atoms with E-state index in [1.807, 2.05) is 0 Å². The molecule has 1 heterocycles. The van der Waals surface area contributed by atoms with E-state index in [0.717, 1.165) is 0 Å². The van der Waals surface area contributed by atoms with Gasteiger partial charge in [-0.15, -0.1) is 0 Å². The smallest absolute Gasteiger partial charge is 0.313 e. The number of allylic oxidation sites excluding steroid dienone is 1. The molecule has 0 saturated carbocycles. The van der Waals surface area contributed by atoms with Gasteiger partial charge in [0, 0.05) is 0 Å². The summed E-state index contributed by atoms with van der Waals surface area (Å²) in [5.41, 5.74) is 0. The average molecular weight is 157 g/mol. The molecule has 0 aromatic carbocycles. The summed E-state index contributed by atoms with van der Waals surface area (Å²) in [6.07, 6.45) is 3.93.